The lowest BCUT2D eigenvalue weighted by atomic mass is 10.0. The molecule has 18 heavy (non-hydrogen) atoms. The van der Waals surface area contributed by atoms with Crippen LogP contribution in [0.5, 0.6) is 0 Å². The molecule has 0 radical (unpaired) electrons. The van der Waals surface area contributed by atoms with E-state index < -0.39 is 9.76 Å². The Kier molecular flexibility index (Phi) is 4.56. The minimum absolute atomic E-state index is 0.173. The monoisotopic (exact) mass is 257 g/mol. The molecule has 0 bridgehead atoms. The second-order valence-electron chi connectivity index (χ2n) is 4.30. The average Bonchev–Trinajstić information content (AvgIpc) is 2.42. The quantitative estimate of drug-likeness (QED) is 0.660. The Labute approximate surface area is 111 Å². The molecule has 0 fully saturated rings. The summed E-state index contributed by atoms with van der Waals surface area (Å²) in [6.45, 7) is 2.17. The summed E-state index contributed by atoms with van der Waals surface area (Å²) in [4.78, 5) is 0. The van der Waals surface area contributed by atoms with Crippen LogP contribution in [0.4, 0.5) is 5.69 Å². The zero-order chi connectivity index (χ0) is 12.8. The van der Waals surface area contributed by atoms with Crippen LogP contribution in [0.3, 0.4) is 0 Å². The molecular weight excluding hydrogens is 238 g/mol. The first-order chi connectivity index (χ1) is 8.79. The Bertz CT molecular complexity index is 470. The first kappa shape index (κ1) is 12.9. The molecule has 1 atom stereocenters. The smallest absolute Gasteiger partial charge is 0.159 e. The van der Waals surface area contributed by atoms with Gasteiger partial charge in [0.1, 0.15) is 0 Å². The largest absolute Gasteiger partial charge is 0.417 e. The van der Waals surface area contributed by atoms with Gasteiger partial charge in [-0.15, -0.1) is 0 Å². The maximum absolute atomic E-state index is 5.97. The first-order valence-electron chi connectivity index (χ1n) is 6.30. The second-order valence-corrected chi connectivity index (χ2v) is 5.21. The van der Waals surface area contributed by atoms with Crippen LogP contribution in [0.25, 0.3) is 0 Å². The molecule has 1 unspecified atom stereocenters. The van der Waals surface area contributed by atoms with Crippen molar-refractivity contribution in [3.63, 3.8) is 0 Å². The van der Waals surface area contributed by atoms with Crippen LogP contribution >= 0.6 is 0 Å². The highest BCUT2D eigenvalue weighted by molar-refractivity contribution is 6.24. The number of hydrogen-bond acceptors (Lipinski definition) is 2. The maximum atomic E-state index is 5.97. The van der Waals surface area contributed by atoms with E-state index in [2.05, 4.69) is 42.9 Å². The molecule has 2 aromatic rings. The molecule has 2 aromatic carbocycles. The fraction of sp³-hybridized carbons (Fsp3) is 0.200. The Morgan fingerprint density at radius 2 is 1.72 bits per heavy atom. The molecule has 0 saturated carbocycles. The Morgan fingerprint density at radius 1 is 1.06 bits per heavy atom. The topological polar surface area (TPSA) is 35.2 Å². The van der Waals surface area contributed by atoms with Gasteiger partial charge in [0, 0.05) is 12.1 Å². The summed E-state index contributed by atoms with van der Waals surface area (Å²) in [5.74, 6) is 0. The molecule has 0 aliphatic rings. The van der Waals surface area contributed by atoms with Crippen LogP contribution in [0.2, 0.25) is 6.55 Å². The van der Waals surface area contributed by atoms with Crippen molar-refractivity contribution in [1.29, 1.82) is 0 Å². The van der Waals surface area contributed by atoms with Crippen molar-refractivity contribution in [3.8, 4) is 0 Å². The van der Waals surface area contributed by atoms with Crippen molar-refractivity contribution in [3.05, 3.63) is 65.7 Å². The van der Waals surface area contributed by atoms with Crippen molar-refractivity contribution in [1.82, 2.24) is 0 Å². The molecule has 0 aliphatic heterocycles. The zero-order valence-electron chi connectivity index (χ0n) is 10.7. The van der Waals surface area contributed by atoms with Gasteiger partial charge in [0.25, 0.3) is 0 Å². The van der Waals surface area contributed by atoms with E-state index in [4.69, 9.17) is 10.2 Å². The van der Waals surface area contributed by atoms with E-state index in [1.807, 2.05) is 18.2 Å². The summed E-state index contributed by atoms with van der Waals surface area (Å²) in [6.07, 6.45) is 1.08. The zero-order valence-corrected chi connectivity index (χ0v) is 12.1. The van der Waals surface area contributed by atoms with E-state index in [9.17, 15) is 0 Å². The molecule has 0 saturated heterocycles. The molecule has 94 valence electrons. The third-order valence-electron chi connectivity index (χ3n) is 2.94. The maximum Gasteiger partial charge on any atom is 0.159 e. The number of nitrogens with two attached hydrogens (primary N) is 1. The van der Waals surface area contributed by atoms with Gasteiger partial charge in [0.15, 0.2) is 9.76 Å². The van der Waals surface area contributed by atoms with Crippen molar-refractivity contribution in [2.45, 2.75) is 19.1 Å². The molecule has 2 nitrogen and oxygen atoms in total. The fourth-order valence-electron chi connectivity index (χ4n) is 2.01. The van der Waals surface area contributed by atoms with Gasteiger partial charge in [0.2, 0.25) is 0 Å². The number of rotatable bonds is 5. The van der Waals surface area contributed by atoms with Gasteiger partial charge in [0.05, 0.1) is 6.10 Å². The number of hydrogen-bond donors (Lipinski definition) is 1. The van der Waals surface area contributed by atoms with Gasteiger partial charge >= 0.3 is 0 Å². The van der Waals surface area contributed by atoms with E-state index in [-0.39, 0.29) is 6.10 Å². The summed E-state index contributed by atoms with van der Waals surface area (Å²) in [7, 11) is -0.426. The Morgan fingerprint density at radius 3 is 2.33 bits per heavy atom. The highest BCUT2D eigenvalue weighted by Gasteiger charge is 2.11. The average molecular weight is 257 g/mol. The van der Waals surface area contributed by atoms with Crippen LogP contribution in [-0.2, 0) is 10.8 Å². The predicted octanol–water partition coefficient (Wildman–Crippen LogP) is 2.70. The minimum Gasteiger partial charge on any atom is -0.417 e. The van der Waals surface area contributed by atoms with E-state index in [0.717, 1.165) is 12.1 Å². The third-order valence-corrected chi connectivity index (χ3v) is 3.68. The highest BCUT2D eigenvalue weighted by atomic mass is 28.2. The molecule has 0 spiro atoms. The molecule has 0 heterocycles. The van der Waals surface area contributed by atoms with Gasteiger partial charge in [-0.05, 0) is 23.3 Å². The lowest BCUT2D eigenvalue weighted by Gasteiger charge is -2.18. The van der Waals surface area contributed by atoms with Gasteiger partial charge in [-0.3, -0.25) is 0 Å². The molecule has 3 heteroatoms. The van der Waals surface area contributed by atoms with Crippen molar-refractivity contribution in [2.24, 2.45) is 0 Å². The number of benzene rings is 2. The Balaban J connectivity index is 2.14. The standard InChI is InChI=1S/C15H19NOSi/c1-18-17-15(13-5-3-2-4-6-13)11-12-7-9-14(16)10-8-12/h2-10,15H,11,16,18H2,1H3. The van der Waals surface area contributed by atoms with E-state index in [0.29, 0.717) is 0 Å². The Hall–Kier alpha value is -1.58. The van der Waals surface area contributed by atoms with Gasteiger partial charge in [-0.1, -0.05) is 49.0 Å². The summed E-state index contributed by atoms with van der Waals surface area (Å²) in [6, 6.07) is 18.5. The summed E-state index contributed by atoms with van der Waals surface area (Å²) in [5.41, 5.74) is 9.03. The van der Waals surface area contributed by atoms with Crippen molar-refractivity contribution < 1.29 is 4.43 Å². The summed E-state index contributed by atoms with van der Waals surface area (Å²) in [5, 5.41) is 0. The van der Waals surface area contributed by atoms with Crippen LogP contribution in [0.1, 0.15) is 17.2 Å². The van der Waals surface area contributed by atoms with Gasteiger partial charge in [-0.25, -0.2) is 0 Å². The van der Waals surface area contributed by atoms with Crippen LogP contribution in [0.15, 0.2) is 54.6 Å². The van der Waals surface area contributed by atoms with Crippen LogP contribution in [-0.4, -0.2) is 9.76 Å². The number of anilines is 1. The lowest BCUT2D eigenvalue weighted by Crippen LogP contribution is -2.09. The predicted molar refractivity (Wildman–Crippen MR) is 79.2 cm³/mol. The fourth-order valence-corrected chi connectivity index (χ4v) is 2.72. The second kappa shape index (κ2) is 6.38. The SMILES string of the molecule is C[SiH2]OC(Cc1ccc(N)cc1)c1ccccc1. The normalized spacial score (nSPS) is 12.9. The third kappa shape index (κ3) is 3.45. The van der Waals surface area contributed by atoms with E-state index >= 15 is 0 Å². The summed E-state index contributed by atoms with van der Waals surface area (Å²) < 4.78 is 5.97. The molecule has 0 aromatic heterocycles. The number of nitrogen functional groups attached to an aromatic ring is 1. The molecule has 2 rings (SSSR count). The molecule has 0 amide bonds. The molecule has 2 N–H and O–H groups in total. The van der Waals surface area contributed by atoms with Gasteiger partial charge < -0.3 is 10.2 Å². The highest BCUT2D eigenvalue weighted by Crippen LogP contribution is 2.22. The molecular formula is C15H19NOSi. The first-order valence-corrected chi connectivity index (χ1v) is 8.29. The van der Waals surface area contributed by atoms with Gasteiger partial charge in [-0.2, -0.15) is 0 Å². The van der Waals surface area contributed by atoms with E-state index in [1.54, 1.807) is 0 Å². The van der Waals surface area contributed by atoms with Crippen LogP contribution in [0, 0.1) is 0 Å². The molecule has 0 aliphatic carbocycles. The van der Waals surface area contributed by atoms with E-state index in [1.165, 1.54) is 11.1 Å². The van der Waals surface area contributed by atoms with Crippen molar-refractivity contribution >= 4 is 15.5 Å². The lowest BCUT2D eigenvalue weighted by molar-refractivity contribution is 0.219. The minimum atomic E-state index is -0.426. The summed E-state index contributed by atoms with van der Waals surface area (Å²) >= 11 is 0. The van der Waals surface area contributed by atoms with Crippen LogP contribution < -0.4 is 5.73 Å². The van der Waals surface area contributed by atoms with Crippen molar-refractivity contribution in [2.75, 3.05) is 5.73 Å².